The van der Waals surface area contributed by atoms with E-state index in [0.717, 1.165) is 12.1 Å². The zero-order chi connectivity index (χ0) is 6.97. The van der Waals surface area contributed by atoms with Crippen molar-refractivity contribution in [1.29, 1.82) is 0 Å². The first-order valence-corrected chi connectivity index (χ1v) is 4.39. The molecule has 1 N–H and O–H groups in total. The van der Waals surface area contributed by atoms with Crippen molar-refractivity contribution >= 4 is 0 Å². The van der Waals surface area contributed by atoms with Crippen molar-refractivity contribution in [2.75, 3.05) is 19.6 Å². The van der Waals surface area contributed by atoms with Crippen LogP contribution in [0.2, 0.25) is 0 Å². The summed E-state index contributed by atoms with van der Waals surface area (Å²) < 4.78 is 0. The van der Waals surface area contributed by atoms with Crippen molar-refractivity contribution in [3.05, 3.63) is 0 Å². The molecular weight excluding hydrogens is 124 g/mol. The summed E-state index contributed by atoms with van der Waals surface area (Å²) in [6.07, 6.45) is 2.75. The van der Waals surface area contributed by atoms with E-state index in [1.54, 1.807) is 0 Å². The average molecular weight is 140 g/mol. The van der Waals surface area contributed by atoms with Crippen molar-refractivity contribution < 1.29 is 0 Å². The second-order valence-electron chi connectivity index (χ2n) is 3.33. The fourth-order valence-corrected chi connectivity index (χ4v) is 2.35. The van der Waals surface area contributed by atoms with Crippen LogP contribution in [-0.2, 0) is 0 Å². The van der Waals surface area contributed by atoms with Gasteiger partial charge in [-0.2, -0.15) is 0 Å². The average Bonchev–Trinajstić information content (AvgIpc) is 2.44. The second-order valence-corrected chi connectivity index (χ2v) is 3.33. The SMILES string of the molecule is CCN1CCC2NCCC21. The van der Waals surface area contributed by atoms with Gasteiger partial charge in [0, 0.05) is 18.6 Å². The summed E-state index contributed by atoms with van der Waals surface area (Å²) in [7, 11) is 0. The molecule has 2 heteroatoms. The Morgan fingerprint density at radius 3 is 3.20 bits per heavy atom. The molecule has 2 nitrogen and oxygen atoms in total. The maximum Gasteiger partial charge on any atom is 0.0261 e. The molecule has 0 bridgehead atoms. The minimum absolute atomic E-state index is 0.833. The van der Waals surface area contributed by atoms with Gasteiger partial charge in [-0.25, -0.2) is 0 Å². The number of rotatable bonds is 1. The Morgan fingerprint density at radius 1 is 1.50 bits per heavy atom. The van der Waals surface area contributed by atoms with Crippen molar-refractivity contribution in [3.8, 4) is 0 Å². The molecule has 0 aromatic heterocycles. The molecule has 2 rings (SSSR count). The number of hydrogen-bond donors (Lipinski definition) is 1. The van der Waals surface area contributed by atoms with Gasteiger partial charge in [-0.15, -0.1) is 0 Å². The molecule has 2 atom stereocenters. The molecule has 0 amide bonds. The van der Waals surface area contributed by atoms with Crippen molar-refractivity contribution in [3.63, 3.8) is 0 Å². The minimum atomic E-state index is 0.833. The van der Waals surface area contributed by atoms with Crippen LogP contribution < -0.4 is 5.32 Å². The molecule has 2 fully saturated rings. The van der Waals surface area contributed by atoms with Crippen LogP contribution >= 0.6 is 0 Å². The van der Waals surface area contributed by atoms with Gasteiger partial charge in [-0.05, 0) is 25.9 Å². The van der Waals surface area contributed by atoms with Crippen molar-refractivity contribution in [2.45, 2.75) is 31.8 Å². The highest BCUT2D eigenvalue weighted by Crippen LogP contribution is 2.23. The molecule has 2 aliphatic rings. The lowest BCUT2D eigenvalue weighted by Gasteiger charge is -2.20. The van der Waals surface area contributed by atoms with Crippen LogP contribution in [0.1, 0.15) is 19.8 Å². The molecule has 0 radical (unpaired) electrons. The maximum atomic E-state index is 3.54. The number of fused-ring (bicyclic) bond motifs is 1. The van der Waals surface area contributed by atoms with Crippen molar-refractivity contribution in [2.24, 2.45) is 0 Å². The molecule has 2 unspecified atom stereocenters. The van der Waals surface area contributed by atoms with Crippen LogP contribution in [0.3, 0.4) is 0 Å². The van der Waals surface area contributed by atoms with E-state index in [2.05, 4.69) is 17.1 Å². The van der Waals surface area contributed by atoms with Crippen LogP contribution in [0.25, 0.3) is 0 Å². The van der Waals surface area contributed by atoms with Crippen LogP contribution in [0.15, 0.2) is 0 Å². The normalized spacial score (nSPS) is 40.5. The van der Waals surface area contributed by atoms with E-state index in [1.807, 2.05) is 0 Å². The second kappa shape index (κ2) is 2.51. The van der Waals surface area contributed by atoms with Crippen LogP contribution in [0, 0.1) is 0 Å². The van der Waals surface area contributed by atoms with E-state index in [4.69, 9.17) is 0 Å². The molecule has 0 saturated carbocycles. The molecule has 0 spiro atoms. The Morgan fingerprint density at radius 2 is 2.40 bits per heavy atom. The lowest BCUT2D eigenvalue weighted by Crippen LogP contribution is -2.33. The summed E-state index contributed by atoms with van der Waals surface area (Å²) in [5, 5.41) is 3.54. The first kappa shape index (κ1) is 6.62. The Bertz CT molecular complexity index is 124. The molecule has 0 aliphatic carbocycles. The fourth-order valence-electron chi connectivity index (χ4n) is 2.35. The fraction of sp³-hybridized carbons (Fsp3) is 1.00. The van der Waals surface area contributed by atoms with Gasteiger partial charge in [0.2, 0.25) is 0 Å². The van der Waals surface area contributed by atoms with Gasteiger partial charge in [0.05, 0.1) is 0 Å². The first-order chi connectivity index (χ1) is 4.92. The first-order valence-electron chi connectivity index (χ1n) is 4.39. The molecule has 2 saturated heterocycles. The van der Waals surface area contributed by atoms with Crippen molar-refractivity contribution in [1.82, 2.24) is 10.2 Å². The largest absolute Gasteiger partial charge is 0.312 e. The van der Waals surface area contributed by atoms with Gasteiger partial charge in [-0.3, -0.25) is 4.90 Å². The summed E-state index contributed by atoms with van der Waals surface area (Å²) in [6, 6.07) is 1.71. The van der Waals surface area contributed by atoms with Crippen LogP contribution in [0.5, 0.6) is 0 Å². The molecule has 58 valence electrons. The zero-order valence-electron chi connectivity index (χ0n) is 6.64. The van der Waals surface area contributed by atoms with Crippen LogP contribution in [0.4, 0.5) is 0 Å². The standard InChI is InChI=1S/C8H16N2/c1-2-10-6-4-7-8(10)3-5-9-7/h7-9H,2-6H2,1H3. The number of nitrogens with one attached hydrogen (secondary N) is 1. The highest BCUT2D eigenvalue weighted by molar-refractivity contribution is 4.96. The van der Waals surface area contributed by atoms with Crippen LogP contribution in [-0.4, -0.2) is 36.6 Å². The smallest absolute Gasteiger partial charge is 0.0261 e. The Labute approximate surface area is 62.6 Å². The van der Waals surface area contributed by atoms with Gasteiger partial charge < -0.3 is 5.32 Å². The lowest BCUT2D eigenvalue weighted by atomic mass is 10.1. The quantitative estimate of drug-likeness (QED) is 0.568. The summed E-state index contributed by atoms with van der Waals surface area (Å²) in [5.41, 5.74) is 0. The van der Waals surface area contributed by atoms with Gasteiger partial charge in [0.15, 0.2) is 0 Å². The third kappa shape index (κ3) is 0.867. The van der Waals surface area contributed by atoms with E-state index in [0.29, 0.717) is 0 Å². The third-order valence-electron chi connectivity index (χ3n) is 2.91. The monoisotopic (exact) mass is 140 g/mol. The number of likely N-dealkylation sites (tertiary alicyclic amines) is 1. The predicted octanol–water partition coefficient (Wildman–Crippen LogP) is 0.442. The van der Waals surface area contributed by atoms with E-state index < -0.39 is 0 Å². The highest BCUT2D eigenvalue weighted by atomic mass is 15.2. The summed E-state index contributed by atoms with van der Waals surface area (Å²) in [6.45, 7) is 6.06. The molecule has 2 heterocycles. The molecule has 0 aromatic rings. The highest BCUT2D eigenvalue weighted by Gasteiger charge is 2.35. The van der Waals surface area contributed by atoms with E-state index >= 15 is 0 Å². The summed E-state index contributed by atoms with van der Waals surface area (Å²) >= 11 is 0. The number of nitrogens with zero attached hydrogens (tertiary/aromatic N) is 1. The topological polar surface area (TPSA) is 15.3 Å². The van der Waals surface area contributed by atoms with Gasteiger partial charge >= 0.3 is 0 Å². The Balaban J connectivity index is 2.01. The van der Waals surface area contributed by atoms with Gasteiger partial charge in [-0.1, -0.05) is 6.92 Å². The summed E-state index contributed by atoms with van der Waals surface area (Å²) in [5.74, 6) is 0. The molecule has 2 aliphatic heterocycles. The number of hydrogen-bond acceptors (Lipinski definition) is 2. The van der Waals surface area contributed by atoms with Gasteiger partial charge in [0.25, 0.3) is 0 Å². The van der Waals surface area contributed by atoms with E-state index in [9.17, 15) is 0 Å². The zero-order valence-corrected chi connectivity index (χ0v) is 6.64. The Hall–Kier alpha value is -0.0800. The maximum absolute atomic E-state index is 3.54. The van der Waals surface area contributed by atoms with E-state index in [-0.39, 0.29) is 0 Å². The van der Waals surface area contributed by atoms with Gasteiger partial charge in [0.1, 0.15) is 0 Å². The lowest BCUT2D eigenvalue weighted by molar-refractivity contribution is 0.267. The Kier molecular flexibility index (Phi) is 1.66. The molecule has 0 aromatic carbocycles. The molecule has 10 heavy (non-hydrogen) atoms. The predicted molar refractivity (Wildman–Crippen MR) is 42.1 cm³/mol. The third-order valence-corrected chi connectivity index (χ3v) is 2.91. The number of likely N-dealkylation sites (N-methyl/N-ethyl adjacent to an activating group) is 1. The summed E-state index contributed by atoms with van der Waals surface area (Å²) in [4.78, 5) is 2.60. The van der Waals surface area contributed by atoms with E-state index in [1.165, 1.54) is 32.5 Å². The molecular formula is C8H16N2. The minimum Gasteiger partial charge on any atom is -0.312 e.